The van der Waals surface area contributed by atoms with Gasteiger partial charge in [0.2, 0.25) is 7.38 Å². The molecule has 18 heavy (non-hydrogen) atoms. The van der Waals surface area contributed by atoms with E-state index in [9.17, 15) is 0 Å². The Labute approximate surface area is 115 Å². The molecule has 0 heterocycles. The average molecular weight is 275 g/mol. The van der Waals surface area contributed by atoms with E-state index in [2.05, 4.69) is 63.7 Å². The molecule has 0 aliphatic rings. The predicted molar refractivity (Wildman–Crippen MR) is 83.8 cm³/mol. The van der Waals surface area contributed by atoms with Crippen LogP contribution in [0.25, 0.3) is 0 Å². The van der Waals surface area contributed by atoms with E-state index in [4.69, 9.17) is 11.1 Å². The second-order valence-corrected chi connectivity index (χ2v) is 10.5. The molecule has 0 amide bonds. The molecule has 0 aromatic heterocycles. The maximum atomic E-state index is 6.92. The molecule has 1 unspecified atom stereocenters. The van der Waals surface area contributed by atoms with E-state index in [1.54, 1.807) is 0 Å². The molecule has 0 saturated carbocycles. The number of rotatable bonds is 2. The highest BCUT2D eigenvalue weighted by Crippen LogP contribution is 2.16. The van der Waals surface area contributed by atoms with Gasteiger partial charge < -0.3 is 0 Å². The number of aryl methyl sites for hydroxylation is 2. The molecule has 0 fully saturated rings. The summed E-state index contributed by atoms with van der Waals surface area (Å²) in [6.45, 7) is 8.70. The quantitative estimate of drug-likeness (QED) is 0.580. The molecule has 0 nitrogen and oxygen atoms in total. The van der Waals surface area contributed by atoms with Gasteiger partial charge in [-0.15, -0.1) is 0 Å². The second kappa shape index (κ2) is 4.91. The smallest absolute Gasteiger partial charge is 0.155 e. The van der Waals surface area contributed by atoms with Crippen LogP contribution in [0.4, 0.5) is 0 Å². The Balaban J connectivity index is 2.54. The van der Waals surface area contributed by atoms with Gasteiger partial charge in [0.05, 0.1) is 0 Å². The van der Waals surface area contributed by atoms with Gasteiger partial charge in [-0.05, 0) is 54.4 Å². The number of halogens is 1. The molecule has 2 aromatic carbocycles. The van der Waals surface area contributed by atoms with Crippen molar-refractivity contribution in [2.75, 3.05) is 0 Å². The summed E-state index contributed by atoms with van der Waals surface area (Å²) in [6, 6.07) is 15.0. The van der Waals surface area contributed by atoms with Crippen LogP contribution in [0.1, 0.15) is 16.7 Å². The molecule has 2 aromatic rings. The van der Waals surface area contributed by atoms with Crippen molar-refractivity contribution >= 4 is 28.8 Å². The summed E-state index contributed by atoms with van der Waals surface area (Å²) < 4.78 is 0. The van der Waals surface area contributed by atoms with E-state index in [1.165, 1.54) is 27.1 Å². The first-order valence-electron chi connectivity index (χ1n) is 6.25. The minimum absolute atomic E-state index is 1.27. The highest BCUT2D eigenvalue weighted by Gasteiger charge is 2.30. The molecular formula is C16H19ClSi. The van der Waals surface area contributed by atoms with Crippen molar-refractivity contribution in [3.8, 4) is 0 Å². The topological polar surface area (TPSA) is 0 Å². The van der Waals surface area contributed by atoms with Crippen molar-refractivity contribution in [2.45, 2.75) is 27.3 Å². The summed E-state index contributed by atoms with van der Waals surface area (Å²) in [6.07, 6.45) is 0. The van der Waals surface area contributed by atoms with Gasteiger partial charge in [-0.1, -0.05) is 42.5 Å². The lowest BCUT2D eigenvalue weighted by Gasteiger charge is -2.22. The lowest BCUT2D eigenvalue weighted by Crippen LogP contribution is -2.50. The summed E-state index contributed by atoms with van der Waals surface area (Å²) in [7, 11) is -2.07. The third-order valence-corrected chi connectivity index (χ3v) is 7.88. The minimum atomic E-state index is -2.07. The summed E-state index contributed by atoms with van der Waals surface area (Å²) in [4.78, 5) is 0. The van der Waals surface area contributed by atoms with Crippen LogP contribution in [0.2, 0.25) is 6.55 Å². The van der Waals surface area contributed by atoms with E-state index in [0.717, 1.165) is 0 Å². The molecule has 0 saturated heterocycles. The van der Waals surface area contributed by atoms with Crippen molar-refractivity contribution < 1.29 is 0 Å². The van der Waals surface area contributed by atoms with E-state index in [1.807, 2.05) is 6.07 Å². The molecule has 0 radical (unpaired) electrons. The summed E-state index contributed by atoms with van der Waals surface area (Å²) in [5.41, 5.74) is 4.04. The molecule has 0 aliphatic carbocycles. The van der Waals surface area contributed by atoms with Gasteiger partial charge in [0, 0.05) is 0 Å². The Kier molecular flexibility index (Phi) is 3.65. The lowest BCUT2D eigenvalue weighted by atomic mass is 10.1. The normalized spacial score (nSPS) is 14.3. The predicted octanol–water partition coefficient (Wildman–Crippen LogP) is 3.54. The molecule has 0 spiro atoms. The molecule has 0 N–H and O–H groups in total. The van der Waals surface area contributed by atoms with E-state index >= 15 is 0 Å². The zero-order valence-electron chi connectivity index (χ0n) is 11.4. The van der Waals surface area contributed by atoms with E-state index in [0.29, 0.717) is 0 Å². The van der Waals surface area contributed by atoms with Gasteiger partial charge in [-0.3, -0.25) is 0 Å². The van der Waals surface area contributed by atoms with Crippen molar-refractivity contribution in [3.63, 3.8) is 0 Å². The van der Waals surface area contributed by atoms with Gasteiger partial charge in [0.1, 0.15) is 0 Å². The van der Waals surface area contributed by atoms with Gasteiger partial charge >= 0.3 is 0 Å². The van der Waals surface area contributed by atoms with Gasteiger partial charge in [-0.25, -0.2) is 0 Å². The summed E-state index contributed by atoms with van der Waals surface area (Å²) >= 11 is 6.92. The first-order valence-corrected chi connectivity index (χ1v) is 9.77. The van der Waals surface area contributed by atoms with Crippen molar-refractivity contribution in [1.82, 2.24) is 0 Å². The summed E-state index contributed by atoms with van der Waals surface area (Å²) in [5.74, 6) is 0. The van der Waals surface area contributed by atoms with Crippen molar-refractivity contribution in [3.05, 3.63) is 59.2 Å². The molecule has 1 atom stereocenters. The number of benzene rings is 2. The van der Waals surface area contributed by atoms with Gasteiger partial charge in [0.15, 0.2) is 0 Å². The Morgan fingerprint density at radius 3 is 1.83 bits per heavy atom. The standard InChI is InChI=1S/C16H19ClSi/c1-12-10-16(11-13(2)14(12)3)18(4,17)15-8-6-5-7-9-15/h5-11H,1-4H3. The van der Waals surface area contributed by atoms with Crippen molar-refractivity contribution in [1.29, 1.82) is 0 Å². The second-order valence-electron chi connectivity index (χ2n) is 5.10. The number of hydrogen-bond donors (Lipinski definition) is 0. The SMILES string of the molecule is Cc1cc([Si](C)(Cl)c2ccccc2)cc(C)c1C. The first-order chi connectivity index (χ1) is 8.43. The molecule has 2 heteroatoms. The summed E-state index contributed by atoms with van der Waals surface area (Å²) in [5, 5.41) is 2.57. The minimum Gasteiger partial charge on any atom is -0.155 e. The molecule has 0 aliphatic heterocycles. The molecular weight excluding hydrogens is 256 g/mol. The van der Waals surface area contributed by atoms with Crippen LogP contribution in [0, 0.1) is 20.8 Å². The third kappa shape index (κ3) is 2.38. The maximum absolute atomic E-state index is 6.92. The monoisotopic (exact) mass is 274 g/mol. The van der Waals surface area contributed by atoms with Gasteiger partial charge in [0.25, 0.3) is 0 Å². The van der Waals surface area contributed by atoms with Crippen LogP contribution in [-0.4, -0.2) is 7.38 Å². The van der Waals surface area contributed by atoms with E-state index in [-0.39, 0.29) is 0 Å². The van der Waals surface area contributed by atoms with Gasteiger partial charge in [-0.2, -0.15) is 11.1 Å². The van der Waals surface area contributed by atoms with Crippen LogP contribution in [0.5, 0.6) is 0 Å². The first kappa shape index (κ1) is 13.4. The van der Waals surface area contributed by atoms with Crippen molar-refractivity contribution in [2.24, 2.45) is 0 Å². The highest BCUT2D eigenvalue weighted by atomic mass is 35.6. The zero-order chi connectivity index (χ0) is 13.3. The Morgan fingerprint density at radius 1 is 0.833 bits per heavy atom. The molecule has 94 valence electrons. The zero-order valence-corrected chi connectivity index (χ0v) is 13.2. The molecule has 0 bridgehead atoms. The third-order valence-electron chi connectivity index (χ3n) is 3.79. The van der Waals surface area contributed by atoms with Crippen LogP contribution in [-0.2, 0) is 0 Å². The van der Waals surface area contributed by atoms with Crippen LogP contribution in [0.15, 0.2) is 42.5 Å². The van der Waals surface area contributed by atoms with Crippen LogP contribution < -0.4 is 10.4 Å². The Morgan fingerprint density at radius 2 is 1.33 bits per heavy atom. The fraction of sp³-hybridized carbons (Fsp3) is 0.250. The maximum Gasteiger partial charge on any atom is 0.214 e. The largest absolute Gasteiger partial charge is 0.214 e. The van der Waals surface area contributed by atoms with Crippen LogP contribution >= 0.6 is 11.1 Å². The number of hydrogen-bond acceptors (Lipinski definition) is 0. The molecule has 2 rings (SSSR count). The average Bonchev–Trinajstić information content (AvgIpc) is 2.36. The Bertz CT molecular complexity index is 536. The Hall–Kier alpha value is -1.05. The van der Waals surface area contributed by atoms with E-state index < -0.39 is 7.38 Å². The lowest BCUT2D eigenvalue weighted by molar-refractivity contribution is 1.28. The highest BCUT2D eigenvalue weighted by molar-refractivity contribution is 7.33. The fourth-order valence-corrected chi connectivity index (χ4v) is 5.06. The fourth-order valence-electron chi connectivity index (χ4n) is 2.22. The van der Waals surface area contributed by atoms with Crippen LogP contribution in [0.3, 0.4) is 0 Å².